The Morgan fingerprint density at radius 2 is 1.72 bits per heavy atom. The highest BCUT2D eigenvalue weighted by molar-refractivity contribution is 9.09. The second kappa shape index (κ2) is 7.63. The third-order valence-electron chi connectivity index (χ3n) is 4.74. The van der Waals surface area contributed by atoms with Crippen molar-refractivity contribution in [1.82, 2.24) is 0 Å². The molecule has 0 unspecified atom stereocenters. The summed E-state index contributed by atoms with van der Waals surface area (Å²) in [7, 11) is 0. The molecule has 0 N–H and O–H groups in total. The van der Waals surface area contributed by atoms with Gasteiger partial charge in [-0.25, -0.2) is 4.79 Å². The monoisotopic (exact) mass is 461 g/mol. The van der Waals surface area contributed by atoms with Crippen LogP contribution in [0.3, 0.4) is 0 Å². The van der Waals surface area contributed by atoms with Crippen molar-refractivity contribution >= 4 is 44.5 Å². The quantitative estimate of drug-likeness (QED) is 0.311. The summed E-state index contributed by atoms with van der Waals surface area (Å²) in [6, 6.07) is 9.64. The molecule has 0 saturated carbocycles. The van der Waals surface area contributed by atoms with E-state index in [1.165, 1.54) is 0 Å². The van der Waals surface area contributed by atoms with Crippen LogP contribution in [-0.2, 0) is 9.53 Å². The number of alkyl halides is 1. The first kappa shape index (κ1) is 21.6. The average Bonchev–Trinajstić information content (AvgIpc) is 2.98. The van der Waals surface area contributed by atoms with E-state index in [4.69, 9.17) is 9.47 Å². The lowest BCUT2D eigenvalue weighted by molar-refractivity contribution is -0.142. The van der Waals surface area contributed by atoms with Gasteiger partial charge in [0, 0.05) is 29.2 Å². The highest BCUT2D eigenvalue weighted by Crippen LogP contribution is 2.46. The fourth-order valence-corrected chi connectivity index (χ4v) is 3.89. The van der Waals surface area contributed by atoms with Gasteiger partial charge < -0.3 is 9.47 Å². The minimum Gasteiger partial charge on any atom is -0.443 e. The number of hydrogen-bond acceptors (Lipinski definition) is 4. The van der Waals surface area contributed by atoms with Crippen LogP contribution in [0.4, 0.5) is 10.5 Å². The van der Waals surface area contributed by atoms with Crippen molar-refractivity contribution in [3.63, 3.8) is 0 Å². The highest BCUT2D eigenvalue weighted by atomic mass is 79.9. The summed E-state index contributed by atoms with van der Waals surface area (Å²) >= 11 is 3.59. The molecule has 0 radical (unpaired) electrons. The van der Waals surface area contributed by atoms with Crippen LogP contribution in [0.25, 0.3) is 10.8 Å². The second-order valence-electron chi connectivity index (χ2n) is 9.43. The predicted octanol–water partition coefficient (Wildman–Crippen LogP) is 6.02. The molecular formula is C23H28BrNO4. The summed E-state index contributed by atoms with van der Waals surface area (Å²) in [6.45, 7) is 11.5. The van der Waals surface area contributed by atoms with Crippen LogP contribution in [0.2, 0.25) is 0 Å². The van der Waals surface area contributed by atoms with Gasteiger partial charge in [-0.05, 0) is 52.5 Å². The molecule has 0 spiro atoms. The van der Waals surface area contributed by atoms with Gasteiger partial charge in [0.25, 0.3) is 0 Å². The number of nitrogens with zero attached hydrogens (tertiary/aromatic N) is 1. The summed E-state index contributed by atoms with van der Waals surface area (Å²) < 4.78 is 11.4. The molecule has 1 aliphatic heterocycles. The molecule has 1 aliphatic rings. The predicted molar refractivity (Wildman–Crippen MR) is 119 cm³/mol. The Bertz CT molecular complexity index is 956. The first-order valence-corrected chi connectivity index (χ1v) is 10.9. The van der Waals surface area contributed by atoms with E-state index in [-0.39, 0.29) is 11.9 Å². The van der Waals surface area contributed by atoms with Gasteiger partial charge in [0.1, 0.15) is 11.4 Å². The summed E-state index contributed by atoms with van der Waals surface area (Å²) in [5, 5.41) is 2.56. The van der Waals surface area contributed by atoms with Gasteiger partial charge in [0.05, 0.1) is 11.1 Å². The number of carbonyl (C=O) groups excluding carboxylic acids is 2. The zero-order chi connectivity index (χ0) is 21.6. The summed E-state index contributed by atoms with van der Waals surface area (Å²) in [5.41, 5.74) is 0.573. The molecule has 6 heteroatoms. The van der Waals surface area contributed by atoms with E-state index in [0.717, 1.165) is 22.0 Å². The number of fused-ring (bicyclic) bond motifs is 3. The van der Waals surface area contributed by atoms with Crippen molar-refractivity contribution in [3.05, 3.63) is 35.9 Å². The number of esters is 1. The molecule has 0 saturated heterocycles. The van der Waals surface area contributed by atoms with Gasteiger partial charge in [0.2, 0.25) is 0 Å². The Kier molecular flexibility index (Phi) is 5.69. The molecule has 2 aromatic carbocycles. The number of ether oxygens (including phenoxy) is 2. The molecule has 156 valence electrons. The third-order valence-corrected chi connectivity index (χ3v) is 5.53. The minimum absolute atomic E-state index is 0.120. The van der Waals surface area contributed by atoms with Crippen LogP contribution in [0, 0.1) is 5.41 Å². The van der Waals surface area contributed by atoms with Crippen molar-refractivity contribution in [3.8, 4) is 5.75 Å². The normalized spacial score (nSPS) is 16.7. The molecule has 29 heavy (non-hydrogen) atoms. The molecule has 5 nitrogen and oxygen atoms in total. The zero-order valence-corrected chi connectivity index (χ0v) is 19.4. The number of halogens is 1. The first-order valence-electron chi connectivity index (χ1n) is 9.77. The van der Waals surface area contributed by atoms with Gasteiger partial charge in [-0.15, -0.1) is 0 Å². The molecular weight excluding hydrogens is 434 g/mol. The first-order chi connectivity index (χ1) is 13.4. The van der Waals surface area contributed by atoms with E-state index < -0.39 is 17.1 Å². The fourth-order valence-electron chi connectivity index (χ4n) is 3.37. The van der Waals surface area contributed by atoms with Crippen LogP contribution in [0.5, 0.6) is 5.75 Å². The number of rotatable bonds is 2. The Labute approximate surface area is 180 Å². The Morgan fingerprint density at radius 3 is 2.28 bits per heavy atom. The van der Waals surface area contributed by atoms with E-state index in [0.29, 0.717) is 17.6 Å². The zero-order valence-electron chi connectivity index (χ0n) is 17.8. The third kappa shape index (κ3) is 4.42. The maximum atomic E-state index is 12.9. The molecule has 0 fully saturated rings. The Morgan fingerprint density at radius 1 is 1.10 bits per heavy atom. The van der Waals surface area contributed by atoms with Crippen molar-refractivity contribution in [1.29, 1.82) is 0 Å². The molecule has 2 aromatic rings. The minimum atomic E-state index is -0.636. The fraction of sp³-hybridized carbons (Fsp3) is 0.478. The molecule has 0 aliphatic carbocycles. The smallest absolute Gasteiger partial charge is 0.414 e. The van der Waals surface area contributed by atoms with Gasteiger partial charge >= 0.3 is 12.1 Å². The lowest BCUT2D eigenvalue weighted by Gasteiger charge is -2.25. The molecule has 1 atom stereocenters. The summed E-state index contributed by atoms with van der Waals surface area (Å²) in [5.74, 6) is 0.263. The number of hydrogen-bond donors (Lipinski definition) is 0. The molecule has 1 amide bonds. The van der Waals surface area contributed by atoms with Crippen molar-refractivity contribution in [2.75, 3.05) is 16.8 Å². The molecule has 0 aromatic heterocycles. The van der Waals surface area contributed by atoms with Gasteiger partial charge in [-0.3, -0.25) is 9.69 Å². The van der Waals surface area contributed by atoms with Crippen molar-refractivity contribution < 1.29 is 19.1 Å². The maximum Gasteiger partial charge on any atom is 0.414 e. The van der Waals surface area contributed by atoms with Gasteiger partial charge in [-0.1, -0.05) is 40.2 Å². The van der Waals surface area contributed by atoms with E-state index in [1.807, 2.05) is 65.8 Å². The Balaban J connectivity index is 2.15. The molecule has 0 bridgehead atoms. The summed E-state index contributed by atoms with van der Waals surface area (Å²) in [6.07, 6.45) is -0.398. The van der Waals surface area contributed by atoms with E-state index in [9.17, 15) is 9.59 Å². The summed E-state index contributed by atoms with van der Waals surface area (Å²) in [4.78, 5) is 27.1. The number of carbonyl (C=O) groups is 2. The second-order valence-corrected chi connectivity index (χ2v) is 10.1. The van der Waals surface area contributed by atoms with Crippen LogP contribution < -0.4 is 9.64 Å². The van der Waals surface area contributed by atoms with Crippen LogP contribution in [0.1, 0.15) is 53.0 Å². The SMILES string of the molecule is CC(C)(C)OC(=O)N1C[C@@H](CBr)c2c1cc(OC(=O)C(C)(C)C)c1ccccc21. The van der Waals surface area contributed by atoms with Crippen LogP contribution >= 0.6 is 15.9 Å². The number of benzene rings is 2. The maximum absolute atomic E-state index is 12.9. The standard InChI is InChI=1S/C23H28BrNO4/c1-22(2,3)20(26)28-18-11-17-19(16-10-8-7-9-15(16)18)14(12-24)13-25(17)21(27)29-23(4,5)6/h7-11,14H,12-13H2,1-6H3/t14-/m1/s1. The van der Waals surface area contributed by atoms with Crippen LogP contribution in [0.15, 0.2) is 30.3 Å². The van der Waals surface area contributed by atoms with Crippen molar-refractivity contribution in [2.45, 2.75) is 53.1 Å². The topological polar surface area (TPSA) is 55.8 Å². The lowest BCUT2D eigenvalue weighted by atomic mass is 9.95. The molecule has 1 heterocycles. The van der Waals surface area contributed by atoms with Crippen LogP contribution in [-0.4, -0.2) is 29.5 Å². The highest BCUT2D eigenvalue weighted by Gasteiger charge is 2.37. The number of anilines is 1. The Hall–Kier alpha value is -2.08. The van der Waals surface area contributed by atoms with Gasteiger partial charge in [-0.2, -0.15) is 0 Å². The van der Waals surface area contributed by atoms with Gasteiger partial charge in [0.15, 0.2) is 0 Å². The number of amides is 1. The molecule has 3 rings (SSSR count). The lowest BCUT2D eigenvalue weighted by Crippen LogP contribution is -2.36. The van der Waals surface area contributed by atoms with E-state index in [1.54, 1.807) is 11.0 Å². The van der Waals surface area contributed by atoms with Crippen molar-refractivity contribution in [2.24, 2.45) is 5.41 Å². The largest absolute Gasteiger partial charge is 0.443 e. The van der Waals surface area contributed by atoms with E-state index >= 15 is 0 Å². The average molecular weight is 462 g/mol. The van der Waals surface area contributed by atoms with E-state index in [2.05, 4.69) is 15.9 Å².